The van der Waals surface area contributed by atoms with Crippen molar-refractivity contribution in [1.82, 2.24) is 25.1 Å². The Morgan fingerprint density at radius 3 is 2.75 bits per heavy atom. The predicted molar refractivity (Wildman–Crippen MR) is 107 cm³/mol. The van der Waals surface area contributed by atoms with Crippen LogP contribution in [0.2, 0.25) is 0 Å². The zero-order chi connectivity index (χ0) is 19.5. The van der Waals surface area contributed by atoms with E-state index in [0.29, 0.717) is 29.4 Å². The van der Waals surface area contributed by atoms with E-state index in [1.54, 1.807) is 6.07 Å². The Bertz CT molecular complexity index is 1120. The monoisotopic (exact) mass is 396 g/mol. The number of nitrogens with zero attached hydrogens (tertiary/aromatic N) is 4. The highest BCUT2D eigenvalue weighted by molar-refractivity contribution is 7.18. The van der Waals surface area contributed by atoms with Crippen LogP contribution in [0.15, 0.2) is 48.5 Å². The molecule has 0 aliphatic rings. The molecule has 0 aliphatic heterocycles. The van der Waals surface area contributed by atoms with E-state index in [1.165, 1.54) is 17.4 Å². The van der Waals surface area contributed by atoms with Gasteiger partial charge in [0.15, 0.2) is 5.82 Å². The molecule has 0 unspecified atom stereocenters. The Morgan fingerprint density at radius 1 is 1.14 bits per heavy atom. The van der Waals surface area contributed by atoms with Crippen LogP contribution in [0.4, 0.5) is 14.3 Å². The zero-order valence-corrected chi connectivity index (χ0v) is 15.8. The minimum Gasteiger partial charge on any atom is -0.337 e. The van der Waals surface area contributed by atoms with Gasteiger partial charge < -0.3 is 9.88 Å². The lowest BCUT2D eigenvalue weighted by Crippen LogP contribution is -2.30. The summed E-state index contributed by atoms with van der Waals surface area (Å²) in [6.45, 7) is 0.356. The summed E-state index contributed by atoms with van der Waals surface area (Å²) < 4.78 is 15.7. The summed E-state index contributed by atoms with van der Waals surface area (Å²) in [4.78, 5) is 16.4. The van der Waals surface area contributed by atoms with Gasteiger partial charge in [-0.15, -0.1) is 10.2 Å². The van der Waals surface area contributed by atoms with E-state index in [4.69, 9.17) is 0 Å². The molecule has 0 saturated heterocycles. The molecule has 142 valence electrons. The second-order valence-corrected chi connectivity index (χ2v) is 7.08. The van der Waals surface area contributed by atoms with Gasteiger partial charge in [0, 0.05) is 25.6 Å². The second kappa shape index (κ2) is 7.73. The van der Waals surface area contributed by atoms with Crippen molar-refractivity contribution in [2.45, 2.75) is 6.42 Å². The van der Waals surface area contributed by atoms with Gasteiger partial charge in [0.2, 0.25) is 5.13 Å². The molecular weight excluding hydrogens is 379 g/mol. The highest BCUT2D eigenvalue weighted by Crippen LogP contribution is 2.25. The van der Waals surface area contributed by atoms with Gasteiger partial charge in [0.05, 0.1) is 5.52 Å². The van der Waals surface area contributed by atoms with Crippen LogP contribution in [-0.2, 0) is 13.5 Å². The maximum Gasteiger partial charge on any atom is 0.321 e. The smallest absolute Gasteiger partial charge is 0.321 e. The van der Waals surface area contributed by atoms with Crippen LogP contribution in [0.1, 0.15) is 5.82 Å². The molecule has 4 rings (SSSR count). The molecule has 2 aromatic carbocycles. The maximum absolute atomic E-state index is 13.8. The van der Waals surface area contributed by atoms with Gasteiger partial charge in [-0.1, -0.05) is 47.7 Å². The molecule has 0 bridgehead atoms. The van der Waals surface area contributed by atoms with Crippen molar-refractivity contribution < 1.29 is 9.18 Å². The van der Waals surface area contributed by atoms with E-state index < -0.39 is 0 Å². The van der Waals surface area contributed by atoms with Gasteiger partial charge in [-0.25, -0.2) is 14.2 Å². The number of aromatic nitrogens is 4. The van der Waals surface area contributed by atoms with E-state index in [2.05, 4.69) is 25.8 Å². The summed E-state index contributed by atoms with van der Waals surface area (Å²) in [7, 11) is 1.83. The fraction of sp³-hybridized carbons (Fsp3) is 0.158. The highest BCUT2D eigenvalue weighted by Gasteiger charge is 2.12. The highest BCUT2D eigenvalue weighted by atomic mass is 32.1. The quantitative estimate of drug-likeness (QED) is 0.540. The average molecular weight is 396 g/mol. The average Bonchev–Trinajstić information content (AvgIpc) is 3.29. The van der Waals surface area contributed by atoms with Crippen LogP contribution in [0.5, 0.6) is 0 Å². The first-order chi connectivity index (χ1) is 13.6. The summed E-state index contributed by atoms with van der Waals surface area (Å²) in [5.41, 5.74) is 2.01. The first kappa shape index (κ1) is 18.1. The summed E-state index contributed by atoms with van der Waals surface area (Å²) in [6.07, 6.45) is 0.476. The van der Waals surface area contributed by atoms with Gasteiger partial charge in [0.25, 0.3) is 0 Å². The number of para-hydroxylation sites is 1. The number of carbonyl (C=O) groups is 1. The molecule has 0 aliphatic carbocycles. The third-order valence-electron chi connectivity index (χ3n) is 4.26. The third kappa shape index (κ3) is 3.70. The number of nitrogens with one attached hydrogen (secondary N) is 2. The van der Waals surface area contributed by atoms with Gasteiger partial charge in [-0.3, -0.25) is 5.32 Å². The van der Waals surface area contributed by atoms with Crippen LogP contribution in [0.25, 0.3) is 21.6 Å². The molecule has 9 heteroatoms. The summed E-state index contributed by atoms with van der Waals surface area (Å²) >= 11 is 1.30. The molecule has 0 saturated carbocycles. The lowest BCUT2D eigenvalue weighted by molar-refractivity contribution is 0.252. The number of amides is 2. The Labute approximate surface area is 164 Å². The number of rotatable bonds is 5. The number of hydrogen-bond donors (Lipinski definition) is 2. The lowest BCUT2D eigenvalue weighted by atomic mass is 10.2. The summed E-state index contributed by atoms with van der Waals surface area (Å²) in [6, 6.07) is 14.1. The van der Waals surface area contributed by atoms with Crippen LogP contribution in [0.3, 0.4) is 0 Å². The van der Waals surface area contributed by atoms with Crippen molar-refractivity contribution >= 4 is 33.5 Å². The topological polar surface area (TPSA) is 84.7 Å². The number of fused-ring (bicyclic) bond motifs is 1. The Morgan fingerprint density at radius 2 is 1.96 bits per heavy atom. The fourth-order valence-corrected chi connectivity index (χ4v) is 3.60. The SMILES string of the molecule is Cn1c(CCNC(=O)Nc2nnc(-c3ccccc3)s2)nc2c(F)cccc21. The summed E-state index contributed by atoms with van der Waals surface area (Å²) in [5, 5.41) is 14.7. The van der Waals surface area contributed by atoms with Crippen LogP contribution >= 0.6 is 11.3 Å². The zero-order valence-electron chi connectivity index (χ0n) is 15.0. The van der Waals surface area contributed by atoms with E-state index in [1.807, 2.05) is 48.0 Å². The number of anilines is 1. The Kier molecular flexibility index (Phi) is 4.98. The summed E-state index contributed by atoms with van der Waals surface area (Å²) in [5.74, 6) is 0.346. The molecule has 2 heterocycles. The van der Waals surface area contributed by atoms with E-state index in [9.17, 15) is 9.18 Å². The number of aryl methyl sites for hydroxylation is 1. The molecule has 4 aromatic rings. The lowest BCUT2D eigenvalue weighted by Gasteiger charge is -2.05. The van der Waals surface area contributed by atoms with E-state index in [0.717, 1.165) is 16.1 Å². The number of benzene rings is 2. The van der Waals surface area contributed by atoms with E-state index >= 15 is 0 Å². The largest absolute Gasteiger partial charge is 0.337 e. The maximum atomic E-state index is 13.8. The van der Waals surface area contributed by atoms with E-state index in [-0.39, 0.29) is 11.8 Å². The standard InChI is InChI=1S/C19H17FN6OS/c1-26-14-9-5-8-13(20)16(14)22-15(26)10-11-21-18(27)23-19-25-24-17(28-19)12-6-3-2-4-7-12/h2-9H,10-11H2,1H3,(H2,21,23,25,27). The van der Waals surface area contributed by atoms with Crippen molar-refractivity contribution in [3.63, 3.8) is 0 Å². The first-order valence-electron chi connectivity index (χ1n) is 8.65. The number of imidazole rings is 1. The Balaban J connectivity index is 1.34. The molecule has 2 amide bonds. The van der Waals surface area contributed by atoms with Crippen molar-refractivity contribution in [1.29, 1.82) is 0 Å². The number of urea groups is 1. The molecule has 7 nitrogen and oxygen atoms in total. The third-order valence-corrected chi connectivity index (χ3v) is 5.14. The van der Waals surface area contributed by atoms with Crippen molar-refractivity contribution in [3.05, 3.63) is 60.2 Å². The van der Waals surface area contributed by atoms with Gasteiger partial charge >= 0.3 is 6.03 Å². The molecule has 2 N–H and O–H groups in total. The normalized spacial score (nSPS) is 10.9. The molecule has 2 aromatic heterocycles. The molecule has 0 atom stereocenters. The minimum absolute atomic E-state index is 0.340. The molecular formula is C19H17FN6OS. The fourth-order valence-electron chi connectivity index (χ4n) is 2.85. The van der Waals surface area contributed by atoms with Gasteiger partial charge in [-0.05, 0) is 12.1 Å². The van der Waals surface area contributed by atoms with Crippen molar-refractivity contribution in [2.75, 3.05) is 11.9 Å². The minimum atomic E-state index is -0.374. The predicted octanol–water partition coefficient (Wildman–Crippen LogP) is 3.60. The number of hydrogen-bond acceptors (Lipinski definition) is 5. The molecule has 0 fully saturated rings. The van der Waals surface area contributed by atoms with Gasteiger partial charge in [-0.2, -0.15) is 0 Å². The second-order valence-electron chi connectivity index (χ2n) is 6.10. The molecule has 0 spiro atoms. The van der Waals surface area contributed by atoms with Crippen molar-refractivity contribution in [3.8, 4) is 10.6 Å². The molecule has 28 heavy (non-hydrogen) atoms. The molecule has 0 radical (unpaired) electrons. The number of carbonyl (C=O) groups excluding carboxylic acids is 1. The van der Waals surface area contributed by atoms with Gasteiger partial charge in [0.1, 0.15) is 16.3 Å². The number of halogens is 1. The Hall–Kier alpha value is -3.33. The van der Waals surface area contributed by atoms with Crippen LogP contribution in [-0.4, -0.2) is 32.3 Å². The van der Waals surface area contributed by atoms with Crippen LogP contribution in [0, 0.1) is 5.82 Å². The van der Waals surface area contributed by atoms with Crippen LogP contribution < -0.4 is 10.6 Å². The van der Waals surface area contributed by atoms with Crippen molar-refractivity contribution in [2.24, 2.45) is 7.05 Å². The first-order valence-corrected chi connectivity index (χ1v) is 9.47.